The van der Waals surface area contributed by atoms with Crippen LogP contribution in [0.1, 0.15) is 24.1 Å². The fraction of sp³-hybridized carbons (Fsp3) is 0.333. The van der Waals surface area contributed by atoms with Crippen molar-refractivity contribution in [1.82, 2.24) is 0 Å². The topological polar surface area (TPSA) is 52.0 Å². The van der Waals surface area contributed by atoms with Gasteiger partial charge in [0.25, 0.3) is 0 Å². The van der Waals surface area contributed by atoms with Crippen LogP contribution in [0.3, 0.4) is 0 Å². The summed E-state index contributed by atoms with van der Waals surface area (Å²) in [6.45, 7) is 2.46. The highest BCUT2D eigenvalue weighted by Gasteiger charge is 2.03. The zero-order chi connectivity index (χ0) is 8.27. The smallest absolute Gasteiger partial charge is 0.0269 e. The third kappa shape index (κ3) is 1.79. The van der Waals surface area contributed by atoms with E-state index in [1.165, 1.54) is 0 Å². The van der Waals surface area contributed by atoms with Gasteiger partial charge in [-0.15, -0.1) is 0 Å². The molecule has 1 aromatic rings. The van der Waals surface area contributed by atoms with Crippen LogP contribution < -0.4 is 11.5 Å². The van der Waals surface area contributed by atoms with E-state index in [4.69, 9.17) is 11.5 Å². The number of benzene rings is 1. The number of nitrogens with two attached hydrogens (primary N) is 2. The molecule has 0 spiro atoms. The van der Waals surface area contributed by atoms with Crippen LogP contribution in [-0.2, 0) is 6.54 Å². The molecule has 0 aliphatic carbocycles. The maximum Gasteiger partial charge on any atom is 0.0269 e. The molecule has 0 heterocycles. The van der Waals surface area contributed by atoms with Crippen LogP contribution in [0.5, 0.6) is 0 Å². The second-order valence-corrected chi connectivity index (χ2v) is 2.60. The maximum absolute atomic E-state index is 5.71. The zero-order valence-electron chi connectivity index (χ0n) is 6.67. The molecule has 1 rings (SSSR count). The normalized spacial score (nSPS) is 13.0. The molecule has 0 aromatic heterocycles. The van der Waals surface area contributed by atoms with Crippen LogP contribution in [0.15, 0.2) is 18.2 Å². The highest BCUT2D eigenvalue weighted by Crippen LogP contribution is 2.13. The highest BCUT2D eigenvalue weighted by atomic mass is 14.6. The Hall–Kier alpha value is -0.860. The molecule has 59 valence electrons. The Morgan fingerprint density at radius 2 is 2.36 bits per heavy atom. The minimum absolute atomic E-state index is 0.0472. The molecule has 0 saturated heterocycles. The van der Waals surface area contributed by atoms with Gasteiger partial charge in [-0.05, 0) is 24.1 Å². The minimum Gasteiger partial charge on any atom is -0.326 e. The molecular weight excluding hydrogens is 136 g/mol. The van der Waals surface area contributed by atoms with E-state index in [2.05, 4.69) is 6.07 Å². The average molecular weight is 149 g/mol. The molecule has 0 aliphatic heterocycles. The van der Waals surface area contributed by atoms with E-state index in [1.807, 2.05) is 25.1 Å². The van der Waals surface area contributed by atoms with E-state index >= 15 is 0 Å². The largest absolute Gasteiger partial charge is 0.326 e. The highest BCUT2D eigenvalue weighted by molar-refractivity contribution is 5.28. The van der Waals surface area contributed by atoms with Gasteiger partial charge in [0.1, 0.15) is 0 Å². The molecule has 11 heavy (non-hydrogen) atoms. The lowest BCUT2D eigenvalue weighted by molar-refractivity contribution is 0.797. The van der Waals surface area contributed by atoms with E-state index in [1.54, 1.807) is 0 Å². The molecule has 2 nitrogen and oxygen atoms in total. The lowest BCUT2D eigenvalue weighted by atomic mass is 10.0. The molecule has 2 heteroatoms. The Balaban J connectivity index is 3.02. The van der Waals surface area contributed by atoms with Crippen molar-refractivity contribution in [2.45, 2.75) is 19.5 Å². The van der Waals surface area contributed by atoms with Crippen LogP contribution in [0.4, 0.5) is 0 Å². The first-order valence-electron chi connectivity index (χ1n) is 3.71. The summed E-state index contributed by atoms with van der Waals surface area (Å²) < 4.78 is 0. The molecule has 0 amide bonds. The average Bonchev–Trinajstić information content (AvgIpc) is 2.04. The van der Waals surface area contributed by atoms with Crippen LogP contribution in [0, 0.1) is 6.07 Å². The summed E-state index contributed by atoms with van der Waals surface area (Å²) in [4.78, 5) is 0. The van der Waals surface area contributed by atoms with E-state index < -0.39 is 0 Å². The minimum atomic E-state index is 0.0472. The van der Waals surface area contributed by atoms with Gasteiger partial charge in [0, 0.05) is 12.6 Å². The summed E-state index contributed by atoms with van der Waals surface area (Å²) in [7, 11) is 0. The molecule has 0 fully saturated rings. The van der Waals surface area contributed by atoms with Crippen LogP contribution in [0.2, 0.25) is 0 Å². The third-order valence-electron chi connectivity index (χ3n) is 1.67. The molecule has 0 bridgehead atoms. The van der Waals surface area contributed by atoms with Gasteiger partial charge in [0.2, 0.25) is 0 Å². The molecule has 1 unspecified atom stereocenters. The monoisotopic (exact) mass is 149 g/mol. The van der Waals surface area contributed by atoms with Gasteiger partial charge in [-0.2, -0.15) is 0 Å². The third-order valence-corrected chi connectivity index (χ3v) is 1.67. The summed E-state index contributed by atoms with van der Waals surface area (Å²) in [5, 5.41) is 0. The summed E-state index contributed by atoms with van der Waals surface area (Å²) in [5.74, 6) is 0. The summed E-state index contributed by atoms with van der Waals surface area (Å²) in [5.41, 5.74) is 13.3. The number of hydrogen-bond acceptors (Lipinski definition) is 2. The molecule has 1 radical (unpaired) electrons. The van der Waals surface area contributed by atoms with E-state index in [0.717, 1.165) is 11.1 Å². The molecule has 0 aliphatic rings. The van der Waals surface area contributed by atoms with E-state index in [-0.39, 0.29) is 6.04 Å². The first-order chi connectivity index (χ1) is 5.25. The van der Waals surface area contributed by atoms with Crippen LogP contribution in [0.25, 0.3) is 0 Å². The molecule has 1 atom stereocenters. The van der Waals surface area contributed by atoms with Gasteiger partial charge >= 0.3 is 0 Å². The molecule has 0 saturated carbocycles. The van der Waals surface area contributed by atoms with Crippen LogP contribution in [-0.4, -0.2) is 0 Å². The Labute approximate surface area is 67.2 Å². The summed E-state index contributed by atoms with van der Waals surface area (Å²) in [6, 6.07) is 8.88. The van der Waals surface area contributed by atoms with Gasteiger partial charge in [0.15, 0.2) is 0 Å². The van der Waals surface area contributed by atoms with Crippen molar-refractivity contribution in [1.29, 1.82) is 0 Å². The number of rotatable bonds is 2. The van der Waals surface area contributed by atoms with Gasteiger partial charge in [-0.1, -0.05) is 18.2 Å². The second-order valence-electron chi connectivity index (χ2n) is 2.60. The summed E-state index contributed by atoms with van der Waals surface area (Å²) >= 11 is 0. The van der Waals surface area contributed by atoms with Gasteiger partial charge in [0.05, 0.1) is 0 Å². The van der Waals surface area contributed by atoms with E-state index in [0.29, 0.717) is 6.54 Å². The predicted octanol–water partition coefficient (Wildman–Crippen LogP) is 0.965. The lowest BCUT2D eigenvalue weighted by Crippen LogP contribution is -2.10. The van der Waals surface area contributed by atoms with E-state index in [9.17, 15) is 0 Å². The van der Waals surface area contributed by atoms with Crippen molar-refractivity contribution < 1.29 is 0 Å². The van der Waals surface area contributed by atoms with Gasteiger partial charge in [-0.3, -0.25) is 0 Å². The van der Waals surface area contributed by atoms with Crippen molar-refractivity contribution in [3.8, 4) is 0 Å². The second kappa shape index (κ2) is 3.51. The molecular formula is C9H13N2. The zero-order valence-corrected chi connectivity index (χ0v) is 6.67. The fourth-order valence-electron chi connectivity index (χ4n) is 1.09. The first-order valence-corrected chi connectivity index (χ1v) is 3.71. The van der Waals surface area contributed by atoms with Crippen molar-refractivity contribution >= 4 is 0 Å². The van der Waals surface area contributed by atoms with Crippen molar-refractivity contribution in [2.75, 3.05) is 0 Å². The Morgan fingerprint density at radius 3 is 2.82 bits per heavy atom. The maximum atomic E-state index is 5.71. The molecule has 1 aromatic carbocycles. The van der Waals surface area contributed by atoms with Crippen LogP contribution >= 0.6 is 0 Å². The summed E-state index contributed by atoms with van der Waals surface area (Å²) in [6.07, 6.45) is 0. The Morgan fingerprint density at radius 1 is 1.64 bits per heavy atom. The quantitative estimate of drug-likeness (QED) is 0.658. The Bertz CT molecular complexity index is 231. The van der Waals surface area contributed by atoms with Crippen molar-refractivity contribution in [2.24, 2.45) is 11.5 Å². The first kappa shape index (κ1) is 8.24. The standard InChI is InChI=1S/C9H13N2/c1-7(11)9-5-3-2-4-8(9)6-10/h2-3,5,7H,6,10-11H2,1H3. The SMILES string of the molecule is CC(N)c1ccc[c]c1CN. The molecule has 4 N–H and O–H groups in total. The fourth-order valence-corrected chi connectivity index (χ4v) is 1.09. The van der Waals surface area contributed by atoms with Gasteiger partial charge in [-0.25, -0.2) is 0 Å². The predicted molar refractivity (Wildman–Crippen MR) is 45.8 cm³/mol. The van der Waals surface area contributed by atoms with Gasteiger partial charge < -0.3 is 11.5 Å². The van der Waals surface area contributed by atoms with Crippen molar-refractivity contribution in [3.05, 3.63) is 35.4 Å². The number of hydrogen-bond donors (Lipinski definition) is 2. The van der Waals surface area contributed by atoms with Crippen molar-refractivity contribution in [3.63, 3.8) is 0 Å². The Kier molecular flexibility index (Phi) is 2.63. The lowest BCUT2D eigenvalue weighted by Gasteiger charge is -2.09.